The molecule has 12 heteroatoms. The molecule has 6 rings (SSSR count). The lowest BCUT2D eigenvalue weighted by Gasteiger charge is -2.38. The fourth-order valence-corrected chi connectivity index (χ4v) is 6.17. The molecule has 1 aliphatic carbocycles. The highest BCUT2D eigenvalue weighted by atomic mass is 19.3. The van der Waals surface area contributed by atoms with E-state index < -0.39 is 19.1 Å². The predicted octanol–water partition coefficient (Wildman–Crippen LogP) is 4.23. The molecule has 1 saturated carbocycles. The van der Waals surface area contributed by atoms with Crippen LogP contribution in [0.2, 0.25) is 0 Å². The lowest BCUT2D eigenvalue weighted by atomic mass is 9.85. The molecule has 9 nitrogen and oxygen atoms in total. The van der Waals surface area contributed by atoms with Crippen molar-refractivity contribution in [1.82, 2.24) is 24.4 Å². The standard InChI is InChI=1S/C28H36F3N7O2/c29-16-21-18-40-14-11-37(21)24-15-25(38-23-4-2-1-3-22(23)33-27(38)26(30)31)35-28(34-24)32-17-19-5-7-20(8-6-19)36-9-12-39-13-10-36/h1-4,15,19-21,26H,5-14,16-18H2,(H,32,34,35)/t19?,20?,21-/m0/s1. The van der Waals surface area contributed by atoms with Gasteiger partial charge >= 0.3 is 0 Å². The molecule has 2 aromatic heterocycles. The SMILES string of the molecule is FC[C@H]1COCCN1c1cc(-n2c(C(F)F)nc3ccccc32)nc(NCC2CCC(N3CCOCC3)CC2)n1. The molecule has 4 heterocycles. The molecule has 0 unspecified atom stereocenters. The Morgan fingerprint density at radius 1 is 0.925 bits per heavy atom. The number of nitrogens with one attached hydrogen (secondary N) is 1. The van der Waals surface area contributed by atoms with E-state index in [4.69, 9.17) is 14.5 Å². The first-order chi connectivity index (χ1) is 19.6. The number of anilines is 2. The van der Waals surface area contributed by atoms with Gasteiger partial charge in [-0.1, -0.05) is 12.1 Å². The third-order valence-electron chi connectivity index (χ3n) is 8.34. The van der Waals surface area contributed by atoms with E-state index in [0.29, 0.717) is 54.5 Å². The molecule has 1 aromatic carbocycles. The van der Waals surface area contributed by atoms with Crippen LogP contribution in [0.4, 0.5) is 24.9 Å². The van der Waals surface area contributed by atoms with E-state index >= 15 is 0 Å². The van der Waals surface area contributed by atoms with Crippen LogP contribution in [0, 0.1) is 5.92 Å². The molecule has 1 atom stereocenters. The van der Waals surface area contributed by atoms with Crippen molar-refractivity contribution in [2.24, 2.45) is 5.92 Å². The van der Waals surface area contributed by atoms with E-state index in [1.54, 1.807) is 30.3 Å². The highest BCUT2D eigenvalue weighted by Gasteiger charge is 2.29. The number of fused-ring (bicyclic) bond motifs is 1. The van der Waals surface area contributed by atoms with Gasteiger partial charge in [0, 0.05) is 38.3 Å². The molecule has 216 valence electrons. The quantitative estimate of drug-likeness (QED) is 0.439. The van der Waals surface area contributed by atoms with Gasteiger partial charge in [-0.3, -0.25) is 9.47 Å². The normalized spacial score (nSPS) is 24.6. The second kappa shape index (κ2) is 12.3. The van der Waals surface area contributed by atoms with E-state index in [-0.39, 0.29) is 18.2 Å². The van der Waals surface area contributed by atoms with Gasteiger partial charge in [-0.2, -0.15) is 9.97 Å². The molecule has 0 amide bonds. The largest absolute Gasteiger partial charge is 0.379 e. The molecular weight excluding hydrogens is 523 g/mol. The number of alkyl halides is 3. The first-order valence-electron chi connectivity index (χ1n) is 14.2. The molecule has 1 N–H and O–H groups in total. The number of hydrogen-bond acceptors (Lipinski definition) is 8. The van der Waals surface area contributed by atoms with Gasteiger partial charge < -0.3 is 19.7 Å². The first kappa shape index (κ1) is 27.2. The smallest absolute Gasteiger partial charge is 0.296 e. The summed E-state index contributed by atoms with van der Waals surface area (Å²) in [6, 6.07) is 8.74. The van der Waals surface area contributed by atoms with Crippen LogP contribution < -0.4 is 10.2 Å². The minimum atomic E-state index is -2.80. The van der Waals surface area contributed by atoms with Gasteiger partial charge in [0.05, 0.1) is 43.5 Å². The van der Waals surface area contributed by atoms with Crippen molar-refractivity contribution in [3.63, 3.8) is 0 Å². The molecule has 3 aliphatic rings. The molecule has 40 heavy (non-hydrogen) atoms. The lowest BCUT2D eigenvalue weighted by Crippen LogP contribution is -2.47. The average Bonchev–Trinajstić information content (AvgIpc) is 3.41. The maximum atomic E-state index is 14.2. The van der Waals surface area contributed by atoms with Crippen LogP contribution in [0.5, 0.6) is 0 Å². The molecule has 2 saturated heterocycles. The molecular formula is C28H36F3N7O2. The maximum absolute atomic E-state index is 14.2. The molecule has 3 fully saturated rings. The summed E-state index contributed by atoms with van der Waals surface area (Å²) in [4.78, 5) is 18.0. The summed E-state index contributed by atoms with van der Waals surface area (Å²) >= 11 is 0. The van der Waals surface area contributed by atoms with E-state index in [2.05, 4.69) is 20.2 Å². The molecule has 0 radical (unpaired) electrons. The number of para-hydroxylation sites is 2. The number of morpholine rings is 2. The Kier molecular flexibility index (Phi) is 8.35. The number of aromatic nitrogens is 4. The fourth-order valence-electron chi connectivity index (χ4n) is 6.17. The van der Waals surface area contributed by atoms with Crippen LogP contribution in [0.25, 0.3) is 16.9 Å². The number of imidazole rings is 1. The summed E-state index contributed by atoms with van der Waals surface area (Å²) in [5.74, 6) is 1.16. The minimum Gasteiger partial charge on any atom is -0.379 e. The summed E-state index contributed by atoms with van der Waals surface area (Å²) < 4.78 is 54.6. The lowest BCUT2D eigenvalue weighted by molar-refractivity contribution is 0.00539. The van der Waals surface area contributed by atoms with Crippen molar-refractivity contribution >= 4 is 22.8 Å². The molecule has 0 bridgehead atoms. The second-order valence-electron chi connectivity index (χ2n) is 10.8. The zero-order chi connectivity index (χ0) is 27.5. The maximum Gasteiger partial charge on any atom is 0.296 e. The van der Waals surface area contributed by atoms with Gasteiger partial charge in [0.25, 0.3) is 6.43 Å². The van der Waals surface area contributed by atoms with Crippen LogP contribution in [0.3, 0.4) is 0 Å². The van der Waals surface area contributed by atoms with Crippen molar-refractivity contribution < 1.29 is 22.6 Å². The Labute approximate surface area is 231 Å². The average molecular weight is 560 g/mol. The Morgan fingerprint density at radius 3 is 2.45 bits per heavy atom. The van der Waals surface area contributed by atoms with Crippen LogP contribution >= 0.6 is 0 Å². The second-order valence-corrected chi connectivity index (χ2v) is 10.8. The molecule has 3 aromatic rings. The van der Waals surface area contributed by atoms with E-state index in [1.165, 1.54) is 4.57 Å². The monoisotopic (exact) mass is 559 g/mol. The number of ether oxygens (including phenoxy) is 2. The fraction of sp³-hybridized carbons (Fsp3) is 0.607. The van der Waals surface area contributed by atoms with E-state index in [0.717, 1.165) is 52.0 Å². The number of nitrogens with zero attached hydrogens (tertiary/aromatic N) is 6. The summed E-state index contributed by atoms with van der Waals surface area (Å²) in [6.07, 6.45) is 1.67. The minimum absolute atomic E-state index is 0.237. The van der Waals surface area contributed by atoms with Gasteiger partial charge in [-0.05, 0) is 43.7 Å². The zero-order valence-electron chi connectivity index (χ0n) is 22.5. The Balaban J connectivity index is 1.27. The summed E-state index contributed by atoms with van der Waals surface area (Å²) in [6.45, 7) is 4.81. The van der Waals surface area contributed by atoms with E-state index in [1.807, 2.05) is 4.90 Å². The van der Waals surface area contributed by atoms with Crippen LogP contribution in [-0.4, -0.2) is 95.8 Å². The van der Waals surface area contributed by atoms with Gasteiger partial charge in [-0.15, -0.1) is 0 Å². The number of halogens is 3. The highest BCUT2D eigenvalue weighted by molar-refractivity contribution is 5.78. The predicted molar refractivity (Wildman–Crippen MR) is 146 cm³/mol. The molecule has 2 aliphatic heterocycles. The van der Waals surface area contributed by atoms with Crippen molar-refractivity contribution in [2.75, 3.05) is 69.5 Å². The number of benzene rings is 1. The Morgan fingerprint density at radius 2 is 1.68 bits per heavy atom. The van der Waals surface area contributed by atoms with Crippen molar-refractivity contribution in [3.8, 4) is 5.82 Å². The Hall–Kier alpha value is -2.96. The van der Waals surface area contributed by atoms with Crippen LogP contribution in [0.15, 0.2) is 30.3 Å². The third kappa shape index (κ3) is 5.75. The van der Waals surface area contributed by atoms with Crippen LogP contribution in [-0.2, 0) is 9.47 Å². The highest BCUT2D eigenvalue weighted by Crippen LogP contribution is 2.31. The first-order valence-corrected chi connectivity index (χ1v) is 14.2. The molecule has 0 spiro atoms. The third-order valence-corrected chi connectivity index (χ3v) is 8.34. The van der Waals surface area contributed by atoms with Gasteiger partial charge in [0.1, 0.15) is 18.3 Å². The van der Waals surface area contributed by atoms with Crippen molar-refractivity contribution in [3.05, 3.63) is 36.2 Å². The topological polar surface area (TPSA) is 80.6 Å². The number of hydrogen-bond donors (Lipinski definition) is 1. The van der Waals surface area contributed by atoms with Gasteiger partial charge in [-0.25, -0.2) is 18.2 Å². The van der Waals surface area contributed by atoms with Crippen LogP contribution in [0.1, 0.15) is 37.9 Å². The Bertz CT molecular complexity index is 1280. The summed E-state index contributed by atoms with van der Waals surface area (Å²) in [5.41, 5.74) is 0.983. The number of rotatable bonds is 8. The summed E-state index contributed by atoms with van der Waals surface area (Å²) in [5, 5.41) is 3.39. The zero-order valence-corrected chi connectivity index (χ0v) is 22.5. The van der Waals surface area contributed by atoms with Gasteiger partial charge in [0.15, 0.2) is 5.82 Å². The van der Waals surface area contributed by atoms with Gasteiger partial charge in [0.2, 0.25) is 5.95 Å². The van der Waals surface area contributed by atoms with Crippen molar-refractivity contribution in [1.29, 1.82) is 0 Å². The van der Waals surface area contributed by atoms with Crippen molar-refractivity contribution in [2.45, 2.75) is 44.2 Å². The van der Waals surface area contributed by atoms with E-state index in [9.17, 15) is 13.2 Å². The summed E-state index contributed by atoms with van der Waals surface area (Å²) in [7, 11) is 0.